The summed E-state index contributed by atoms with van der Waals surface area (Å²) < 4.78 is 54.5. The van der Waals surface area contributed by atoms with Crippen LogP contribution in [-0.4, -0.2) is 32.7 Å². The van der Waals surface area contributed by atoms with E-state index in [0.717, 1.165) is 11.1 Å². The fourth-order valence-electron chi connectivity index (χ4n) is 5.31. The van der Waals surface area contributed by atoms with Gasteiger partial charge in [0.25, 0.3) is 11.8 Å². The standard InChI is InChI=1S/C29H24F3N5O4/c30-29(31,32)21-16-22(37(38)39)25-28-35-34-27(41-28)24-19(10-4-5-12-20-13-7-15-36(20)26(21)33-25)11-6-14-23(24)40-17-18-8-2-1-3-9-18/h1-6,8-9,11,14,16,20H,7,10,12-13,15,17H2/t20-/m1/s1. The molecule has 41 heavy (non-hydrogen) atoms. The van der Waals surface area contributed by atoms with E-state index in [2.05, 4.69) is 15.2 Å². The summed E-state index contributed by atoms with van der Waals surface area (Å²) in [6.07, 6.45) is 1.33. The molecule has 2 aromatic heterocycles. The Morgan fingerprint density at radius 1 is 1.07 bits per heavy atom. The maximum Gasteiger partial charge on any atom is 0.420 e. The third-order valence-corrected chi connectivity index (χ3v) is 7.24. The molecule has 0 N–H and O–H groups in total. The van der Waals surface area contributed by atoms with Crippen molar-refractivity contribution in [1.82, 2.24) is 15.2 Å². The second-order valence-electron chi connectivity index (χ2n) is 9.86. The molecule has 0 unspecified atom stereocenters. The highest BCUT2D eigenvalue weighted by atomic mass is 19.4. The van der Waals surface area contributed by atoms with Gasteiger partial charge in [0.2, 0.25) is 5.69 Å². The monoisotopic (exact) mass is 563 g/mol. The van der Waals surface area contributed by atoms with Gasteiger partial charge in [-0.1, -0.05) is 54.6 Å². The summed E-state index contributed by atoms with van der Waals surface area (Å²) >= 11 is 0. The van der Waals surface area contributed by atoms with Crippen LogP contribution in [0.1, 0.15) is 36.0 Å². The molecule has 6 rings (SSSR count). The number of hydrogen-bond donors (Lipinski definition) is 0. The first-order valence-electron chi connectivity index (χ1n) is 13.1. The van der Waals surface area contributed by atoms with Crippen LogP contribution in [0, 0.1) is 10.1 Å². The minimum Gasteiger partial charge on any atom is -0.488 e. The second kappa shape index (κ2) is 10.7. The Morgan fingerprint density at radius 3 is 2.66 bits per heavy atom. The van der Waals surface area contributed by atoms with Gasteiger partial charge in [0.05, 0.1) is 10.5 Å². The molecule has 0 radical (unpaired) electrons. The number of fused-ring (bicyclic) bond motifs is 9. The lowest BCUT2D eigenvalue weighted by molar-refractivity contribution is -0.384. The zero-order chi connectivity index (χ0) is 28.6. The molecule has 4 bridgehead atoms. The van der Waals surface area contributed by atoms with Crippen molar-refractivity contribution in [2.45, 2.75) is 44.5 Å². The lowest BCUT2D eigenvalue weighted by Crippen LogP contribution is -2.32. The van der Waals surface area contributed by atoms with Gasteiger partial charge in [0, 0.05) is 18.7 Å². The molecular weight excluding hydrogens is 539 g/mol. The number of nitrogens with zero attached hydrogens (tertiary/aromatic N) is 5. The maximum atomic E-state index is 14.2. The molecule has 0 aliphatic carbocycles. The normalized spacial score (nSPS) is 16.6. The van der Waals surface area contributed by atoms with Crippen LogP contribution >= 0.6 is 0 Å². The van der Waals surface area contributed by atoms with E-state index >= 15 is 0 Å². The van der Waals surface area contributed by atoms with Crippen LogP contribution in [0.2, 0.25) is 0 Å². The number of hydrogen-bond acceptors (Lipinski definition) is 8. The van der Waals surface area contributed by atoms with Gasteiger partial charge < -0.3 is 14.1 Å². The van der Waals surface area contributed by atoms with Crippen molar-refractivity contribution in [1.29, 1.82) is 0 Å². The van der Waals surface area contributed by atoms with Crippen LogP contribution in [0.4, 0.5) is 24.7 Å². The van der Waals surface area contributed by atoms with E-state index in [-0.39, 0.29) is 30.2 Å². The maximum absolute atomic E-state index is 14.2. The molecule has 0 spiro atoms. The minimum atomic E-state index is -4.86. The zero-order valence-corrected chi connectivity index (χ0v) is 21.7. The van der Waals surface area contributed by atoms with E-state index in [9.17, 15) is 23.3 Å². The number of nitro groups is 1. The third-order valence-electron chi connectivity index (χ3n) is 7.24. The van der Waals surface area contributed by atoms with Crippen LogP contribution in [0.25, 0.3) is 23.0 Å². The molecule has 1 atom stereocenters. The van der Waals surface area contributed by atoms with Crippen LogP contribution in [0.5, 0.6) is 5.75 Å². The number of anilines is 1. The lowest BCUT2D eigenvalue weighted by atomic mass is 10.0. The molecule has 0 saturated carbocycles. The van der Waals surface area contributed by atoms with Crippen molar-refractivity contribution < 1.29 is 27.2 Å². The van der Waals surface area contributed by atoms with Crippen LogP contribution in [0.3, 0.4) is 0 Å². The second-order valence-corrected chi connectivity index (χ2v) is 9.86. The first-order valence-corrected chi connectivity index (χ1v) is 13.1. The van der Waals surface area contributed by atoms with Gasteiger partial charge in [0.1, 0.15) is 23.7 Å². The molecular formula is C29H24F3N5O4. The molecule has 12 heteroatoms. The van der Waals surface area contributed by atoms with Crippen molar-refractivity contribution in [3.05, 3.63) is 93.6 Å². The summed E-state index contributed by atoms with van der Waals surface area (Å²) in [7, 11) is 0. The number of aromatic nitrogens is 3. The lowest BCUT2D eigenvalue weighted by Gasteiger charge is -2.28. The highest BCUT2D eigenvalue weighted by molar-refractivity contribution is 5.72. The van der Waals surface area contributed by atoms with Crippen molar-refractivity contribution in [3.63, 3.8) is 0 Å². The number of allylic oxidation sites excluding steroid dienone is 1. The Labute approximate surface area is 232 Å². The van der Waals surface area contributed by atoms with Gasteiger partial charge in [-0.15, -0.1) is 10.2 Å². The molecule has 210 valence electrons. The SMILES string of the molecule is O=[N+]([O-])c1cc(C(F)(F)F)c2nc1-c1nnc(o1)-c1c(cccc1OCc1ccccc1)CC=CC[C@@H]1CCCN21. The molecule has 0 amide bonds. The van der Waals surface area contributed by atoms with E-state index in [0.29, 0.717) is 49.6 Å². The summed E-state index contributed by atoms with van der Waals surface area (Å²) in [4.78, 5) is 16.8. The van der Waals surface area contributed by atoms with Gasteiger partial charge >= 0.3 is 11.9 Å². The van der Waals surface area contributed by atoms with E-state index in [1.807, 2.05) is 54.6 Å². The van der Waals surface area contributed by atoms with Crippen molar-refractivity contribution >= 4 is 11.5 Å². The molecule has 2 aliphatic rings. The van der Waals surface area contributed by atoms with E-state index in [4.69, 9.17) is 9.15 Å². The average molecular weight is 564 g/mol. The fourth-order valence-corrected chi connectivity index (χ4v) is 5.31. The first kappa shape index (κ1) is 26.5. The molecule has 9 nitrogen and oxygen atoms in total. The van der Waals surface area contributed by atoms with Gasteiger partial charge in [-0.05, 0) is 42.9 Å². The predicted octanol–water partition coefficient (Wildman–Crippen LogP) is 6.78. The van der Waals surface area contributed by atoms with E-state index in [1.165, 1.54) is 0 Å². The Hall–Kier alpha value is -4.74. The average Bonchev–Trinajstić information content (AvgIpc) is 3.63. The third kappa shape index (κ3) is 5.24. The summed E-state index contributed by atoms with van der Waals surface area (Å²) in [6, 6.07) is 15.3. The quantitative estimate of drug-likeness (QED) is 0.152. The Bertz CT molecular complexity index is 1620. The highest BCUT2D eigenvalue weighted by Crippen LogP contribution is 2.44. The first-order chi connectivity index (χ1) is 19.8. The topological polar surface area (TPSA) is 107 Å². The van der Waals surface area contributed by atoms with Crippen LogP contribution in [0.15, 0.2) is 71.2 Å². The van der Waals surface area contributed by atoms with Crippen LogP contribution in [-0.2, 0) is 19.2 Å². The molecule has 1 saturated heterocycles. The van der Waals surface area contributed by atoms with Crippen molar-refractivity contribution in [2.75, 3.05) is 11.4 Å². The summed E-state index contributed by atoms with van der Waals surface area (Å²) in [5, 5.41) is 20.1. The summed E-state index contributed by atoms with van der Waals surface area (Å²) in [5.41, 5.74) is -0.195. The van der Waals surface area contributed by atoms with Crippen molar-refractivity contribution in [3.8, 4) is 28.8 Å². The van der Waals surface area contributed by atoms with Gasteiger partial charge in [-0.25, -0.2) is 4.98 Å². The molecule has 1 fully saturated rings. The fraction of sp³-hybridized carbons (Fsp3) is 0.276. The van der Waals surface area contributed by atoms with Crippen LogP contribution < -0.4 is 9.64 Å². The Balaban J connectivity index is 1.52. The number of halogens is 3. The van der Waals surface area contributed by atoms with E-state index < -0.39 is 28.0 Å². The highest BCUT2D eigenvalue weighted by Gasteiger charge is 2.42. The molecule has 2 aromatic carbocycles. The Kier molecular flexibility index (Phi) is 6.90. The molecule has 2 aliphatic heterocycles. The Morgan fingerprint density at radius 2 is 1.88 bits per heavy atom. The summed E-state index contributed by atoms with van der Waals surface area (Å²) in [6.45, 7) is 0.604. The van der Waals surface area contributed by atoms with Gasteiger partial charge in [-0.2, -0.15) is 13.2 Å². The molecule has 4 heterocycles. The largest absolute Gasteiger partial charge is 0.488 e. The van der Waals surface area contributed by atoms with Crippen molar-refractivity contribution in [2.24, 2.45) is 0 Å². The van der Waals surface area contributed by atoms with E-state index in [1.54, 1.807) is 11.0 Å². The number of ether oxygens (including phenoxy) is 1. The predicted molar refractivity (Wildman–Crippen MR) is 143 cm³/mol. The number of pyridine rings is 1. The summed E-state index contributed by atoms with van der Waals surface area (Å²) in [5.74, 6) is -0.257. The molecule has 4 aromatic rings. The zero-order valence-electron chi connectivity index (χ0n) is 21.7. The number of benzene rings is 2. The van der Waals surface area contributed by atoms with Gasteiger partial charge in [0.15, 0.2) is 0 Å². The minimum absolute atomic E-state index is 0.0146. The van der Waals surface area contributed by atoms with Gasteiger partial charge in [-0.3, -0.25) is 10.1 Å². The number of alkyl halides is 3. The number of rotatable bonds is 4. The smallest absolute Gasteiger partial charge is 0.420 e.